The van der Waals surface area contributed by atoms with Crippen LogP contribution in [0.5, 0.6) is 0 Å². The molecule has 5 nitrogen and oxygen atoms in total. The van der Waals surface area contributed by atoms with Crippen LogP contribution in [0.4, 0.5) is 5.82 Å². The van der Waals surface area contributed by atoms with Gasteiger partial charge in [-0.05, 0) is 25.0 Å². The number of methoxy groups -OCH3 is 1. The number of piperidine rings is 1. The number of para-hydroxylation sites is 1. The van der Waals surface area contributed by atoms with Crippen molar-refractivity contribution in [2.75, 3.05) is 25.1 Å². The molecule has 1 saturated heterocycles. The molecule has 110 valence electrons. The van der Waals surface area contributed by atoms with E-state index in [1.165, 1.54) is 0 Å². The summed E-state index contributed by atoms with van der Waals surface area (Å²) < 4.78 is 5.37. The number of anilines is 1. The van der Waals surface area contributed by atoms with Gasteiger partial charge in [0.2, 0.25) is 0 Å². The van der Waals surface area contributed by atoms with Crippen LogP contribution >= 0.6 is 0 Å². The normalized spacial score (nSPS) is 16.3. The highest BCUT2D eigenvalue weighted by molar-refractivity contribution is 6.03. The summed E-state index contributed by atoms with van der Waals surface area (Å²) in [6, 6.07) is 9.04. The van der Waals surface area contributed by atoms with Crippen molar-refractivity contribution in [2.45, 2.75) is 18.9 Å². The first kappa shape index (κ1) is 13.8. The van der Waals surface area contributed by atoms with Crippen molar-refractivity contribution < 1.29 is 14.6 Å². The van der Waals surface area contributed by atoms with Gasteiger partial charge in [-0.25, -0.2) is 9.78 Å². The van der Waals surface area contributed by atoms with Crippen molar-refractivity contribution in [3.8, 4) is 0 Å². The number of pyridine rings is 1. The van der Waals surface area contributed by atoms with Gasteiger partial charge in [0, 0.05) is 25.6 Å². The summed E-state index contributed by atoms with van der Waals surface area (Å²) in [6.45, 7) is 1.67. The van der Waals surface area contributed by atoms with Gasteiger partial charge in [-0.15, -0.1) is 0 Å². The molecule has 1 aromatic heterocycles. The smallest absolute Gasteiger partial charge is 0.336 e. The minimum Gasteiger partial charge on any atom is -0.478 e. The number of rotatable bonds is 3. The molecular weight excluding hydrogens is 268 g/mol. The Balaban J connectivity index is 1.98. The van der Waals surface area contributed by atoms with E-state index >= 15 is 0 Å². The molecule has 3 rings (SSSR count). The Bertz CT molecular complexity index is 664. The molecule has 1 aromatic carbocycles. The van der Waals surface area contributed by atoms with Crippen LogP contribution in [0.1, 0.15) is 23.2 Å². The first-order valence-corrected chi connectivity index (χ1v) is 7.10. The van der Waals surface area contributed by atoms with E-state index in [0.29, 0.717) is 17.1 Å². The lowest BCUT2D eigenvalue weighted by atomic mass is 10.1. The number of aromatic nitrogens is 1. The van der Waals surface area contributed by atoms with Crippen LogP contribution in [-0.2, 0) is 4.74 Å². The van der Waals surface area contributed by atoms with Crippen molar-refractivity contribution >= 4 is 22.7 Å². The van der Waals surface area contributed by atoms with Gasteiger partial charge in [0.05, 0.1) is 17.2 Å². The second-order valence-corrected chi connectivity index (χ2v) is 5.27. The fourth-order valence-corrected chi connectivity index (χ4v) is 2.82. The first-order chi connectivity index (χ1) is 10.2. The molecule has 5 heteroatoms. The molecule has 1 fully saturated rings. The topological polar surface area (TPSA) is 62.7 Å². The lowest BCUT2D eigenvalue weighted by Gasteiger charge is -2.32. The number of ether oxygens (including phenoxy) is 1. The Morgan fingerprint density at radius 1 is 1.33 bits per heavy atom. The minimum absolute atomic E-state index is 0.292. The van der Waals surface area contributed by atoms with Crippen LogP contribution in [0.2, 0.25) is 0 Å². The van der Waals surface area contributed by atoms with Gasteiger partial charge < -0.3 is 14.7 Å². The standard InChI is InChI=1S/C16H18N2O3/c1-21-11-6-8-18(9-7-11)15-10-13(16(19)20)12-4-2-3-5-14(12)17-15/h2-5,10-11H,6-9H2,1H3,(H,19,20). The lowest BCUT2D eigenvalue weighted by Crippen LogP contribution is -2.37. The Hall–Kier alpha value is -2.14. The van der Waals surface area contributed by atoms with Crippen molar-refractivity contribution in [3.05, 3.63) is 35.9 Å². The lowest BCUT2D eigenvalue weighted by molar-refractivity contribution is 0.0698. The van der Waals surface area contributed by atoms with E-state index in [2.05, 4.69) is 9.88 Å². The number of hydrogen-bond donors (Lipinski definition) is 1. The summed E-state index contributed by atoms with van der Waals surface area (Å²) in [4.78, 5) is 18.2. The zero-order chi connectivity index (χ0) is 14.8. The highest BCUT2D eigenvalue weighted by Gasteiger charge is 2.21. The van der Waals surface area contributed by atoms with Gasteiger partial charge in [-0.2, -0.15) is 0 Å². The highest BCUT2D eigenvalue weighted by atomic mass is 16.5. The third kappa shape index (κ3) is 2.69. The number of fused-ring (bicyclic) bond motifs is 1. The Labute approximate surface area is 123 Å². The van der Waals surface area contributed by atoms with Gasteiger partial charge in [0.1, 0.15) is 5.82 Å². The van der Waals surface area contributed by atoms with Crippen molar-refractivity contribution in [3.63, 3.8) is 0 Å². The Morgan fingerprint density at radius 2 is 2.05 bits per heavy atom. The fourth-order valence-electron chi connectivity index (χ4n) is 2.82. The van der Waals surface area contributed by atoms with Gasteiger partial charge in [-0.1, -0.05) is 18.2 Å². The molecule has 0 bridgehead atoms. The monoisotopic (exact) mass is 286 g/mol. The molecule has 0 spiro atoms. The quantitative estimate of drug-likeness (QED) is 0.939. The van der Waals surface area contributed by atoms with Crippen LogP contribution in [-0.4, -0.2) is 42.4 Å². The zero-order valence-electron chi connectivity index (χ0n) is 12.0. The molecule has 1 aliphatic heterocycles. The molecule has 2 heterocycles. The molecule has 0 aliphatic carbocycles. The summed E-state index contributed by atoms with van der Waals surface area (Å²) in [5.74, 6) is -0.178. The number of carboxylic acid groups (broad SMARTS) is 1. The van der Waals surface area contributed by atoms with E-state index in [9.17, 15) is 9.90 Å². The summed E-state index contributed by atoms with van der Waals surface area (Å²) in [7, 11) is 1.73. The second kappa shape index (κ2) is 5.69. The van der Waals surface area contributed by atoms with E-state index in [0.717, 1.165) is 37.3 Å². The fraction of sp³-hybridized carbons (Fsp3) is 0.375. The molecule has 1 N–H and O–H groups in total. The van der Waals surface area contributed by atoms with Crippen LogP contribution in [0.3, 0.4) is 0 Å². The molecule has 0 radical (unpaired) electrons. The molecule has 0 unspecified atom stereocenters. The van der Waals surface area contributed by atoms with Gasteiger partial charge in [-0.3, -0.25) is 0 Å². The predicted molar refractivity (Wildman–Crippen MR) is 80.9 cm³/mol. The van der Waals surface area contributed by atoms with E-state index < -0.39 is 5.97 Å². The summed E-state index contributed by atoms with van der Waals surface area (Å²) in [5.41, 5.74) is 1.03. The minimum atomic E-state index is -0.915. The molecule has 0 saturated carbocycles. The number of aromatic carboxylic acids is 1. The third-order valence-corrected chi connectivity index (χ3v) is 4.03. The van der Waals surface area contributed by atoms with E-state index in [4.69, 9.17) is 4.74 Å². The molecule has 2 aromatic rings. The summed E-state index contributed by atoms with van der Waals surface area (Å²) in [5, 5.41) is 10.1. The summed E-state index contributed by atoms with van der Waals surface area (Å²) in [6.07, 6.45) is 2.17. The van der Waals surface area contributed by atoms with Crippen LogP contribution in [0.15, 0.2) is 30.3 Å². The SMILES string of the molecule is COC1CCN(c2cc(C(=O)O)c3ccccc3n2)CC1. The average Bonchev–Trinajstić information content (AvgIpc) is 2.53. The van der Waals surface area contributed by atoms with E-state index in [1.54, 1.807) is 19.2 Å². The highest BCUT2D eigenvalue weighted by Crippen LogP contribution is 2.25. The number of benzene rings is 1. The van der Waals surface area contributed by atoms with Crippen LogP contribution < -0.4 is 4.90 Å². The van der Waals surface area contributed by atoms with Crippen molar-refractivity contribution in [1.82, 2.24) is 4.98 Å². The predicted octanol–water partition coefficient (Wildman–Crippen LogP) is 2.55. The average molecular weight is 286 g/mol. The number of nitrogens with zero attached hydrogens (tertiary/aromatic N) is 2. The molecule has 21 heavy (non-hydrogen) atoms. The Morgan fingerprint density at radius 3 is 2.71 bits per heavy atom. The largest absolute Gasteiger partial charge is 0.478 e. The second-order valence-electron chi connectivity index (χ2n) is 5.27. The van der Waals surface area contributed by atoms with Crippen molar-refractivity contribution in [1.29, 1.82) is 0 Å². The van der Waals surface area contributed by atoms with E-state index in [1.807, 2.05) is 18.2 Å². The zero-order valence-corrected chi connectivity index (χ0v) is 12.0. The van der Waals surface area contributed by atoms with Crippen LogP contribution in [0.25, 0.3) is 10.9 Å². The molecular formula is C16H18N2O3. The van der Waals surface area contributed by atoms with Crippen molar-refractivity contribution in [2.24, 2.45) is 0 Å². The van der Waals surface area contributed by atoms with Gasteiger partial charge in [0.25, 0.3) is 0 Å². The van der Waals surface area contributed by atoms with Gasteiger partial charge >= 0.3 is 5.97 Å². The third-order valence-electron chi connectivity index (χ3n) is 4.03. The number of carboxylic acids is 1. The number of carbonyl (C=O) groups is 1. The molecule has 1 aliphatic rings. The van der Waals surface area contributed by atoms with Gasteiger partial charge in [0.15, 0.2) is 0 Å². The number of hydrogen-bond acceptors (Lipinski definition) is 4. The van der Waals surface area contributed by atoms with Crippen LogP contribution in [0, 0.1) is 0 Å². The first-order valence-electron chi connectivity index (χ1n) is 7.10. The Kier molecular flexibility index (Phi) is 3.75. The molecule has 0 atom stereocenters. The summed E-state index contributed by atoms with van der Waals surface area (Å²) >= 11 is 0. The maximum atomic E-state index is 11.5. The van der Waals surface area contributed by atoms with E-state index in [-0.39, 0.29) is 0 Å². The molecule has 0 amide bonds. The maximum absolute atomic E-state index is 11.5. The maximum Gasteiger partial charge on any atom is 0.336 e.